The van der Waals surface area contributed by atoms with Crippen LogP contribution in [0.2, 0.25) is 10.0 Å². The first-order valence-corrected chi connectivity index (χ1v) is 13.9. The molecule has 0 aliphatic rings. The summed E-state index contributed by atoms with van der Waals surface area (Å²) in [7, 11) is -2.70. The molecule has 2 amide bonds. The number of amides is 2. The van der Waals surface area contributed by atoms with E-state index in [-0.39, 0.29) is 28.1 Å². The first kappa shape index (κ1) is 28.5. The number of aryl methyl sites for hydroxylation is 1. The fourth-order valence-corrected chi connectivity index (χ4v) is 5.99. The van der Waals surface area contributed by atoms with Gasteiger partial charge in [-0.2, -0.15) is 0 Å². The topological polar surface area (TPSA) is 86.8 Å². The smallest absolute Gasteiger partial charge is 0.264 e. The van der Waals surface area contributed by atoms with Crippen LogP contribution in [0.15, 0.2) is 77.7 Å². The maximum Gasteiger partial charge on any atom is 0.264 e. The van der Waals surface area contributed by atoms with Crippen molar-refractivity contribution >= 4 is 50.7 Å². The average Bonchev–Trinajstić information content (AvgIpc) is 2.88. The Hall–Kier alpha value is -3.07. The number of likely N-dealkylation sites (N-methyl/N-ethyl adjacent to an activating group) is 1. The molecule has 0 spiro atoms. The summed E-state index contributed by atoms with van der Waals surface area (Å²) < 4.78 is 28.5. The van der Waals surface area contributed by atoms with Gasteiger partial charge < -0.3 is 10.2 Å². The Labute approximate surface area is 228 Å². The quantitative estimate of drug-likeness (QED) is 0.375. The Balaban J connectivity index is 2.10. The zero-order valence-electron chi connectivity index (χ0n) is 20.8. The minimum absolute atomic E-state index is 0.00221. The van der Waals surface area contributed by atoms with Crippen molar-refractivity contribution in [2.24, 2.45) is 0 Å². The maximum absolute atomic E-state index is 13.9. The van der Waals surface area contributed by atoms with Gasteiger partial charge in [0.25, 0.3) is 10.0 Å². The molecule has 0 aliphatic heterocycles. The van der Waals surface area contributed by atoms with Gasteiger partial charge in [0.1, 0.15) is 12.6 Å². The molecule has 0 aromatic heterocycles. The molecule has 10 heteroatoms. The predicted molar refractivity (Wildman–Crippen MR) is 147 cm³/mol. The van der Waals surface area contributed by atoms with E-state index in [1.807, 2.05) is 31.2 Å². The summed E-state index contributed by atoms with van der Waals surface area (Å²) in [4.78, 5) is 28.1. The number of hydrogen-bond acceptors (Lipinski definition) is 4. The fourth-order valence-electron chi connectivity index (χ4n) is 3.97. The van der Waals surface area contributed by atoms with Gasteiger partial charge in [0.2, 0.25) is 11.8 Å². The Morgan fingerprint density at radius 3 is 2.22 bits per heavy atom. The van der Waals surface area contributed by atoms with Gasteiger partial charge >= 0.3 is 0 Å². The number of nitrogens with one attached hydrogen (secondary N) is 1. The van der Waals surface area contributed by atoms with Crippen molar-refractivity contribution in [3.8, 4) is 0 Å². The molecule has 0 fully saturated rings. The number of sulfonamides is 1. The van der Waals surface area contributed by atoms with Crippen molar-refractivity contribution in [3.63, 3.8) is 0 Å². The van der Waals surface area contributed by atoms with Crippen LogP contribution in [0.25, 0.3) is 0 Å². The number of halogens is 2. The Morgan fingerprint density at radius 1 is 0.973 bits per heavy atom. The van der Waals surface area contributed by atoms with E-state index in [9.17, 15) is 18.0 Å². The monoisotopic (exact) mass is 561 g/mol. The van der Waals surface area contributed by atoms with Crippen molar-refractivity contribution in [3.05, 3.63) is 94.0 Å². The molecule has 37 heavy (non-hydrogen) atoms. The first-order chi connectivity index (χ1) is 17.6. The molecular weight excluding hydrogens is 533 g/mol. The highest BCUT2D eigenvalue weighted by Crippen LogP contribution is 2.33. The molecule has 7 nitrogen and oxygen atoms in total. The molecule has 0 heterocycles. The van der Waals surface area contributed by atoms with Crippen molar-refractivity contribution in [1.82, 2.24) is 10.2 Å². The highest BCUT2D eigenvalue weighted by molar-refractivity contribution is 7.92. The average molecular weight is 563 g/mol. The van der Waals surface area contributed by atoms with Crippen molar-refractivity contribution in [2.45, 2.75) is 37.8 Å². The summed E-state index contributed by atoms with van der Waals surface area (Å²) in [6.45, 7) is 3.27. The number of nitrogens with zero attached hydrogens (tertiary/aromatic N) is 2. The summed E-state index contributed by atoms with van der Waals surface area (Å²) in [5.74, 6) is -0.893. The zero-order valence-corrected chi connectivity index (χ0v) is 23.1. The van der Waals surface area contributed by atoms with Gasteiger partial charge in [-0.05, 0) is 54.8 Å². The van der Waals surface area contributed by atoms with E-state index in [0.717, 1.165) is 15.4 Å². The highest BCUT2D eigenvalue weighted by atomic mass is 35.5. The van der Waals surface area contributed by atoms with Crippen LogP contribution in [0.4, 0.5) is 5.69 Å². The lowest BCUT2D eigenvalue weighted by Crippen LogP contribution is -2.51. The van der Waals surface area contributed by atoms with Gasteiger partial charge in [0, 0.05) is 18.6 Å². The van der Waals surface area contributed by atoms with Crippen LogP contribution < -0.4 is 9.62 Å². The van der Waals surface area contributed by atoms with Crippen LogP contribution in [0, 0.1) is 6.92 Å². The third kappa shape index (κ3) is 6.63. The largest absolute Gasteiger partial charge is 0.357 e. The molecule has 1 atom stereocenters. The zero-order chi connectivity index (χ0) is 27.2. The molecule has 3 aromatic rings. The molecular formula is C27H29Cl2N3O4S. The summed E-state index contributed by atoms with van der Waals surface area (Å²) in [5, 5.41) is 3.00. The van der Waals surface area contributed by atoms with Crippen LogP contribution >= 0.6 is 23.2 Å². The number of carbonyl (C=O) groups is 2. The van der Waals surface area contributed by atoms with Crippen LogP contribution in [-0.2, 0) is 26.2 Å². The molecule has 0 aliphatic carbocycles. The number of carbonyl (C=O) groups excluding carboxylic acids is 2. The second-order valence-corrected chi connectivity index (χ2v) is 11.1. The summed E-state index contributed by atoms with van der Waals surface area (Å²) in [6.07, 6.45) is 0.338. The number of hydrogen-bond donors (Lipinski definition) is 1. The van der Waals surface area contributed by atoms with E-state index in [1.165, 1.54) is 42.3 Å². The molecule has 0 saturated heterocycles. The lowest BCUT2D eigenvalue weighted by molar-refractivity contribution is -0.140. The van der Waals surface area contributed by atoms with E-state index in [2.05, 4.69) is 5.32 Å². The normalized spacial score (nSPS) is 12.0. The molecule has 0 radical (unpaired) electrons. The molecule has 0 bridgehead atoms. The standard InChI is InChI=1S/C27H29Cl2N3O4S/c1-4-24(27(34)30-3)31(17-20-11-9-8-10-19(20)2)26(33)18-32(25-15-14-21(28)16-23(25)29)37(35,36)22-12-6-5-7-13-22/h5-16,24H,4,17-18H2,1-3H3,(H,30,34)/t24-/m0/s1. The lowest BCUT2D eigenvalue weighted by Gasteiger charge is -2.33. The van der Waals surface area contributed by atoms with Crippen LogP contribution in [0.1, 0.15) is 24.5 Å². The number of anilines is 1. The van der Waals surface area contributed by atoms with E-state index >= 15 is 0 Å². The summed E-state index contributed by atoms with van der Waals surface area (Å²) in [6, 6.07) is 18.9. The van der Waals surface area contributed by atoms with E-state index in [4.69, 9.17) is 23.2 Å². The van der Waals surface area contributed by atoms with Crippen molar-refractivity contribution < 1.29 is 18.0 Å². The third-order valence-corrected chi connectivity index (χ3v) is 8.33. The SMILES string of the molecule is CC[C@@H](C(=O)NC)N(Cc1ccccc1C)C(=O)CN(c1ccc(Cl)cc1Cl)S(=O)(=O)c1ccccc1. The van der Waals surface area contributed by atoms with Crippen LogP contribution in [0.5, 0.6) is 0 Å². The maximum atomic E-state index is 13.9. The number of benzene rings is 3. The second-order valence-electron chi connectivity index (χ2n) is 8.41. The van der Waals surface area contributed by atoms with E-state index in [1.54, 1.807) is 25.1 Å². The molecule has 0 saturated carbocycles. The second kappa shape index (κ2) is 12.4. The molecule has 1 N–H and O–H groups in total. The van der Waals surface area contributed by atoms with Gasteiger partial charge in [0.05, 0.1) is 15.6 Å². The highest BCUT2D eigenvalue weighted by Gasteiger charge is 2.34. The van der Waals surface area contributed by atoms with E-state index < -0.39 is 28.5 Å². The first-order valence-electron chi connectivity index (χ1n) is 11.7. The van der Waals surface area contributed by atoms with E-state index in [0.29, 0.717) is 11.4 Å². The Morgan fingerprint density at radius 2 is 1.62 bits per heavy atom. The summed E-state index contributed by atoms with van der Waals surface area (Å²) in [5.41, 5.74) is 1.90. The van der Waals surface area contributed by atoms with Gasteiger partial charge in [0.15, 0.2) is 0 Å². The molecule has 196 valence electrons. The van der Waals surface area contributed by atoms with Crippen LogP contribution in [-0.4, -0.2) is 44.8 Å². The predicted octanol–water partition coefficient (Wildman–Crippen LogP) is 5.05. The van der Waals surface area contributed by atoms with Gasteiger partial charge in [-0.15, -0.1) is 0 Å². The molecule has 3 rings (SSSR count). The molecule has 0 unspecified atom stereocenters. The lowest BCUT2D eigenvalue weighted by atomic mass is 10.1. The minimum atomic E-state index is -4.20. The Bertz CT molecular complexity index is 1370. The fraction of sp³-hybridized carbons (Fsp3) is 0.259. The third-order valence-electron chi connectivity index (χ3n) is 6.02. The molecule has 3 aromatic carbocycles. The number of rotatable bonds is 10. The van der Waals surface area contributed by atoms with Gasteiger partial charge in [-0.1, -0.05) is 72.6 Å². The minimum Gasteiger partial charge on any atom is -0.357 e. The van der Waals surface area contributed by atoms with Crippen molar-refractivity contribution in [2.75, 3.05) is 17.9 Å². The van der Waals surface area contributed by atoms with Crippen LogP contribution in [0.3, 0.4) is 0 Å². The van der Waals surface area contributed by atoms with Gasteiger partial charge in [-0.3, -0.25) is 13.9 Å². The Kier molecular flexibility index (Phi) is 9.59. The summed E-state index contributed by atoms with van der Waals surface area (Å²) >= 11 is 12.5. The van der Waals surface area contributed by atoms with Gasteiger partial charge in [-0.25, -0.2) is 8.42 Å². The van der Waals surface area contributed by atoms with Crippen molar-refractivity contribution in [1.29, 1.82) is 0 Å².